The fraction of sp³-hybridized carbons (Fsp3) is 1.00. The summed E-state index contributed by atoms with van der Waals surface area (Å²) in [6.45, 7) is 7.42. The number of hydrogen-bond acceptors (Lipinski definition) is 3. The zero-order valence-electron chi connectivity index (χ0n) is 7.68. The molecule has 0 saturated heterocycles. The van der Waals surface area contributed by atoms with E-state index in [2.05, 4.69) is 31.3 Å². The molecule has 0 fully saturated rings. The van der Waals surface area contributed by atoms with Gasteiger partial charge in [-0.25, -0.2) is 10.0 Å². The van der Waals surface area contributed by atoms with Gasteiger partial charge in [0.1, 0.15) is 0 Å². The maximum Gasteiger partial charge on any atom is 0.0197 e. The van der Waals surface area contributed by atoms with Crippen molar-refractivity contribution in [3.8, 4) is 0 Å². The van der Waals surface area contributed by atoms with Gasteiger partial charge in [0.15, 0.2) is 0 Å². The molecule has 0 aliphatic rings. The van der Waals surface area contributed by atoms with Gasteiger partial charge in [-0.2, -0.15) is 5.53 Å². The van der Waals surface area contributed by atoms with Crippen LogP contribution in [0.1, 0.15) is 20.8 Å². The number of nitrogens with zero attached hydrogens (tertiary/aromatic N) is 2. The van der Waals surface area contributed by atoms with Crippen molar-refractivity contribution in [2.45, 2.75) is 26.8 Å². The molecule has 1 N–H and O–H groups in total. The molecule has 0 aromatic rings. The van der Waals surface area contributed by atoms with Gasteiger partial charge in [-0.1, -0.05) is 6.92 Å². The first-order valence-corrected chi connectivity index (χ1v) is 3.78. The minimum absolute atomic E-state index is 0.536. The summed E-state index contributed by atoms with van der Waals surface area (Å²) in [5.41, 5.74) is 3.20. The molecule has 0 unspecified atom stereocenters. The topological polar surface area (TPSA) is 18.5 Å². The minimum Gasteiger partial charge on any atom is -0.234 e. The quantitative estimate of drug-likeness (QED) is 0.587. The molecule has 0 heterocycles. The summed E-state index contributed by atoms with van der Waals surface area (Å²) in [6.07, 6.45) is 0. The lowest BCUT2D eigenvalue weighted by molar-refractivity contribution is 0.0450. The number of hydrazine groups is 2. The lowest BCUT2D eigenvalue weighted by Crippen LogP contribution is -2.48. The highest BCUT2D eigenvalue weighted by Crippen LogP contribution is 1.88. The molecule has 10 heavy (non-hydrogen) atoms. The third-order valence-electron chi connectivity index (χ3n) is 1.58. The van der Waals surface area contributed by atoms with Gasteiger partial charge in [0.2, 0.25) is 0 Å². The van der Waals surface area contributed by atoms with Gasteiger partial charge in [-0.05, 0) is 13.8 Å². The second kappa shape index (κ2) is 4.66. The highest BCUT2D eigenvalue weighted by atomic mass is 15.7. The van der Waals surface area contributed by atoms with E-state index in [1.807, 2.05) is 19.1 Å². The Balaban J connectivity index is 3.46. The van der Waals surface area contributed by atoms with Crippen molar-refractivity contribution < 1.29 is 0 Å². The zero-order chi connectivity index (χ0) is 8.15. The standard InChI is InChI=1S/C7H19N3/c1-6-9(4)8-10(5)7(2)3/h7-8H,6H2,1-5H3. The molecular weight excluding hydrogens is 126 g/mol. The van der Waals surface area contributed by atoms with Crippen LogP contribution in [0, 0.1) is 0 Å². The number of nitrogens with one attached hydrogen (secondary N) is 1. The molecule has 3 nitrogen and oxygen atoms in total. The van der Waals surface area contributed by atoms with Crippen LogP contribution in [0.2, 0.25) is 0 Å². The van der Waals surface area contributed by atoms with Gasteiger partial charge >= 0.3 is 0 Å². The second-order valence-electron chi connectivity index (χ2n) is 2.82. The molecule has 0 saturated carbocycles. The molecule has 0 radical (unpaired) electrons. The summed E-state index contributed by atoms with van der Waals surface area (Å²) in [5.74, 6) is 0. The lowest BCUT2D eigenvalue weighted by atomic mass is 10.4. The van der Waals surface area contributed by atoms with E-state index in [1.54, 1.807) is 0 Å². The van der Waals surface area contributed by atoms with E-state index in [9.17, 15) is 0 Å². The second-order valence-corrected chi connectivity index (χ2v) is 2.82. The molecule has 0 aliphatic heterocycles. The van der Waals surface area contributed by atoms with E-state index < -0.39 is 0 Å². The molecule has 0 aliphatic carbocycles. The van der Waals surface area contributed by atoms with Crippen LogP contribution in [0.3, 0.4) is 0 Å². The Morgan fingerprint density at radius 1 is 1.30 bits per heavy atom. The average Bonchev–Trinajstić information content (AvgIpc) is 1.87. The van der Waals surface area contributed by atoms with Crippen LogP contribution in [0.15, 0.2) is 0 Å². The van der Waals surface area contributed by atoms with E-state index in [0.29, 0.717) is 6.04 Å². The molecule has 0 spiro atoms. The van der Waals surface area contributed by atoms with E-state index >= 15 is 0 Å². The molecule has 62 valence electrons. The summed E-state index contributed by atoms with van der Waals surface area (Å²) < 4.78 is 0. The molecule has 0 amide bonds. The van der Waals surface area contributed by atoms with Gasteiger partial charge < -0.3 is 0 Å². The van der Waals surface area contributed by atoms with E-state index in [-0.39, 0.29) is 0 Å². The van der Waals surface area contributed by atoms with Crippen molar-refractivity contribution in [1.82, 2.24) is 15.6 Å². The summed E-state index contributed by atoms with van der Waals surface area (Å²) in [4.78, 5) is 0. The van der Waals surface area contributed by atoms with Crippen LogP contribution < -0.4 is 5.53 Å². The third kappa shape index (κ3) is 3.82. The molecule has 0 atom stereocenters. The Bertz CT molecular complexity index is 82.9. The average molecular weight is 145 g/mol. The molecule has 0 aromatic carbocycles. The van der Waals surface area contributed by atoms with Crippen LogP contribution >= 0.6 is 0 Å². The fourth-order valence-corrected chi connectivity index (χ4v) is 0.455. The maximum atomic E-state index is 3.20. The van der Waals surface area contributed by atoms with Crippen LogP contribution in [-0.2, 0) is 0 Å². The predicted octanol–water partition coefficient (Wildman–Crippen LogP) is 0.698. The minimum atomic E-state index is 0.536. The third-order valence-corrected chi connectivity index (χ3v) is 1.58. The Morgan fingerprint density at radius 3 is 2.10 bits per heavy atom. The maximum absolute atomic E-state index is 3.20. The molecule has 3 heteroatoms. The zero-order valence-corrected chi connectivity index (χ0v) is 7.68. The van der Waals surface area contributed by atoms with E-state index in [0.717, 1.165) is 6.54 Å². The number of rotatable bonds is 4. The first-order chi connectivity index (χ1) is 4.57. The van der Waals surface area contributed by atoms with Crippen molar-refractivity contribution in [3.05, 3.63) is 0 Å². The van der Waals surface area contributed by atoms with Crippen LogP contribution in [0.4, 0.5) is 0 Å². The number of hydrogen-bond donors (Lipinski definition) is 1. The van der Waals surface area contributed by atoms with Crippen molar-refractivity contribution in [2.75, 3.05) is 20.6 Å². The van der Waals surface area contributed by atoms with E-state index in [1.165, 1.54) is 0 Å². The Hall–Kier alpha value is -0.120. The fourth-order valence-electron chi connectivity index (χ4n) is 0.455. The van der Waals surface area contributed by atoms with Gasteiger partial charge in [0, 0.05) is 26.7 Å². The molecule has 0 aromatic heterocycles. The van der Waals surface area contributed by atoms with Crippen molar-refractivity contribution in [2.24, 2.45) is 0 Å². The monoisotopic (exact) mass is 145 g/mol. The van der Waals surface area contributed by atoms with Gasteiger partial charge in [-0.15, -0.1) is 0 Å². The smallest absolute Gasteiger partial charge is 0.0197 e. The van der Waals surface area contributed by atoms with Gasteiger partial charge in [0.25, 0.3) is 0 Å². The van der Waals surface area contributed by atoms with Crippen molar-refractivity contribution >= 4 is 0 Å². The summed E-state index contributed by atoms with van der Waals surface area (Å²) in [6, 6.07) is 0.536. The van der Waals surface area contributed by atoms with Crippen molar-refractivity contribution in [1.29, 1.82) is 0 Å². The Kier molecular flexibility index (Phi) is 4.60. The van der Waals surface area contributed by atoms with Crippen LogP contribution in [-0.4, -0.2) is 36.7 Å². The van der Waals surface area contributed by atoms with Crippen LogP contribution in [0.5, 0.6) is 0 Å². The van der Waals surface area contributed by atoms with Gasteiger partial charge in [-0.3, -0.25) is 0 Å². The van der Waals surface area contributed by atoms with Gasteiger partial charge in [0.05, 0.1) is 0 Å². The SMILES string of the molecule is CCN(C)NN(C)C(C)C. The Labute approximate surface area is 63.9 Å². The summed E-state index contributed by atoms with van der Waals surface area (Å²) >= 11 is 0. The molecule has 0 bridgehead atoms. The summed E-state index contributed by atoms with van der Waals surface area (Å²) in [7, 11) is 4.07. The molecular formula is C7H19N3. The predicted molar refractivity (Wildman–Crippen MR) is 44.3 cm³/mol. The highest BCUT2D eigenvalue weighted by Gasteiger charge is 2.02. The summed E-state index contributed by atoms with van der Waals surface area (Å²) in [5, 5.41) is 4.11. The normalized spacial score (nSPS) is 12.0. The first kappa shape index (κ1) is 9.88. The lowest BCUT2D eigenvalue weighted by Gasteiger charge is -2.27. The first-order valence-electron chi connectivity index (χ1n) is 3.78. The van der Waals surface area contributed by atoms with Crippen molar-refractivity contribution in [3.63, 3.8) is 0 Å². The van der Waals surface area contributed by atoms with E-state index in [4.69, 9.17) is 0 Å². The highest BCUT2D eigenvalue weighted by molar-refractivity contribution is 4.48. The Morgan fingerprint density at radius 2 is 1.80 bits per heavy atom. The van der Waals surface area contributed by atoms with Crippen LogP contribution in [0.25, 0.3) is 0 Å². The molecule has 0 rings (SSSR count). The largest absolute Gasteiger partial charge is 0.234 e.